The maximum absolute atomic E-state index is 11.1. The van der Waals surface area contributed by atoms with Crippen molar-refractivity contribution in [3.05, 3.63) is 56.3 Å². The third kappa shape index (κ3) is 3.37. The summed E-state index contributed by atoms with van der Waals surface area (Å²) < 4.78 is 0. The van der Waals surface area contributed by atoms with Gasteiger partial charge in [0.05, 0.1) is 5.56 Å². The summed E-state index contributed by atoms with van der Waals surface area (Å²) in [6.45, 7) is 13.7. The molecule has 0 bridgehead atoms. The van der Waals surface area contributed by atoms with Gasteiger partial charge in [0.2, 0.25) is 0 Å². The van der Waals surface area contributed by atoms with E-state index in [0.717, 1.165) is 4.88 Å². The summed E-state index contributed by atoms with van der Waals surface area (Å²) in [4.78, 5) is 12.1. The van der Waals surface area contributed by atoms with Crippen LogP contribution < -0.4 is 0 Å². The summed E-state index contributed by atoms with van der Waals surface area (Å²) in [7, 11) is 0. The SMILES string of the molecule is C/C(=C\c1cc(C(=O)O)cs1)c1cc2c(cc1C)C(C)(C)CCC2(C)C. The third-order valence-corrected chi connectivity index (χ3v) is 6.73. The molecule has 2 aromatic rings. The first-order valence-corrected chi connectivity index (χ1v) is 10.1. The van der Waals surface area contributed by atoms with Crippen molar-refractivity contribution in [3.8, 4) is 0 Å². The molecule has 3 heteroatoms. The van der Waals surface area contributed by atoms with Crippen molar-refractivity contribution >= 4 is 29.0 Å². The Kier molecular flexibility index (Phi) is 4.64. The zero-order chi connectivity index (χ0) is 19.3. The van der Waals surface area contributed by atoms with E-state index in [1.165, 1.54) is 52.0 Å². The van der Waals surface area contributed by atoms with Gasteiger partial charge < -0.3 is 5.11 Å². The Morgan fingerprint density at radius 3 is 2.19 bits per heavy atom. The molecule has 26 heavy (non-hydrogen) atoms. The molecule has 1 aromatic carbocycles. The molecular weight excluding hydrogens is 340 g/mol. The molecule has 0 radical (unpaired) electrons. The van der Waals surface area contributed by atoms with Crippen molar-refractivity contribution in [3.63, 3.8) is 0 Å². The van der Waals surface area contributed by atoms with Crippen LogP contribution in [-0.4, -0.2) is 11.1 Å². The van der Waals surface area contributed by atoms with E-state index in [0.29, 0.717) is 5.56 Å². The summed E-state index contributed by atoms with van der Waals surface area (Å²) >= 11 is 1.48. The van der Waals surface area contributed by atoms with Crippen molar-refractivity contribution in [2.24, 2.45) is 0 Å². The summed E-state index contributed by atoms with van der Waals surface area (Å²) in [6.07, 6.45) is 4.52. The number of hydrogen-bond acceptors (Lipinski definition) is 2. The Hall–Kier alpha value is -1.87. The number of allylic oxidation sites excluding steroid dienone is 1. The molecule has 3 rings (SSSR count). The predicted octanol–water partition coefficient (Wildman–Crippen LogP) is 6.66. The highest BCUT2D eigenvalue weighted by molar-refractivity contribution is 7.11. The van der Waals surface area contributed by atoms with Crippen LogP contribution in [0.5, 0.6) is 0 Å². The third-order valence-electron chi connectivity index (χ3n) is 5.85. The van der Waals surface area contributed by atoms with Crippen LogP contribution in [0.4, 0.5) is 0 Å². The highest BCUT2D eigenvalue weighted by Gasteiger charge is 2.37. The lowest BCUT2D eigenvalue weighted by atomic mass is 9.62. The number of rotatable bonds is 3. The number of thiophene rings is 1. The van der Waals surface area contributed by atoms with Gasteiger partial charge in [-0.3, -0.25) is 0 Å². The van der Waals surface area contributed by atoms with E-state index in [9.17, 15) is 4.79 Å². The number of fused-ring (bicyclic) bond motifs is 1. The molecule has 2 nitrogen and oxygen atoms in total. The second-order valence-corrected chi connectivity index (χ2v) is 9.79. The standard InChI is InChI=1S/C23H28O2S/c1-14(9-17-11-16(13-26-17)21(24)25)18-12-20-19(10-15(18)2)22(3,4)7-8-23(20,5)6/h9-13H,7-8H2,1-6H3,(H,24,25)/b14-9+. The summed E-state index contributed by atoms with van der Waals surface area (Å²) in [5.74, 6) is -0.868. The number of aryl methyl sites for hydroxylation is 1. The Balaban J connectivity index is 2.08. The molecule has 1 heterocycles. The lowest BCUT2D eigenvalue weighted by molar-refractivity contribution is 0.0697. The van der Waals surface area contributed by atoms with Crippen molar-refractivity contribution < 1.29 is 9.90 Å². The van der Waals surface area contributed by atoms with Crippen LogP contribution in [0.2, 0.25) is 0 Å². The summed E-state index contributed by atoms with van der Waals surface area (Å²) in [6, 6.07) is 6.50. The van der Waals surface area contributed by atoms with Crippen molar-refractivity contribution in [1.82, 2.24) is 0 Å². The first-order chi connectivity index (χ1) is 12.0. The maximum atomic E-state index is 11.1. The van der Waals surface area contributed by atoms with E-state index in [-0.39, 0.29) is 10.8 Å². The van der Waals surface area contributed by atoms with Gasteiger partial charge in [-0.05, 0) is 77.5 Å². The van der Waals surface area contributed by atoms with Gasteiger partial charge in [0.25, 0.3) is 0 Å². The zero-order valence-electron chi connectivity index (χ0n) is 16.6. The van der Waals surface area contributed by atoms with Gasteiger partial charge in [0.15, 0.2) is 0 Å². The smallest absolute Gasteiger partial charge is 0.336 e. The second-order valence-electron chi connectivity index (χ2n) is 8.85. The van der Waals surface area contributed by atoms with Crippen molar-refractivity contribution in [2.45, 2.75) is 65.2 Å². The highest BCUT2D eigenvalue weighted by Crippen LogP contribution is 2.47. The molecule has 0 aliphatic heterocycles. The van der Waals surface area contributed by atoms with Crippen LogP contribution in [0.3, 0.4) is 0 Å². The van der Waals surface area contributed by atoms with Gasteiger partial charge in [-0.2, -0.15) is 0 Å². The fourth-order valence-corrected chi connectivity index (χ4v) is 4.85. The van der Waals surface area contributed by atoms with Gasteiger partial charge in [-0.1, -0.05) is 39.8 Å². The summed E-state index contributed by atoms with van der Waals surface area (Å²) in [5, 5.41) is 10.8. The number of carboxylic acid groups (broad SMARTS) is 1. The van der Waals surface area contributed by atoms with Crippen molar-refractivity contribution in [2.75, 3.05) is 0 Å². The largest absolute Gasteiger partial charge is 0.478 e. The van der Waals surface area contributed by atoms with Crippen LogP contribution in [0.15, 0.2) is 23.6 Å². The van der Waals surface area contributed by atoms with E-state index in [2.05, 4.69) is 59.8 Å². The van der Waals surface area contributed by atoms with Gasteiger partial charge in [-0.25, -0.2) is 4.79 Å². The molecule has 138 valence electrons. The fourth-order valence-electron chi connectivity index (χ4n) is 3.98. The van der Waals surface area contributed by atoms with Gasteiger partial charge in [-0.15, -0.1) is 11.3 Å². The Labute approximate surface area is 160 Å². The Morgan fingerprint density at radius 1 is 1.08 bits per heavy atom. The molecule has 0 spiro atoms. The second kappa shape index (κ2) is 6.38. The minimum Gasteiger partial charge on any atom is -0.478 e. The first kappa shape index (κ1) is 18.9. The number of carbonyl (C=O) groups is 1. The molecule has 1 aliphatic rings. The van der Waals surface area contributed by atoms with E-state index in [4.69, 9.17) is 5.11 Å². The number of aromatic carboxylic acids is 1. The van der Waals surface area contributed by atoms with Crippen LogP contribution >= 0.6 is 11.3 Å². The average molecular weight is 369 g/mol. The maximum Gasteiger partial charge on any atom is 0.336 e. The number of hydrogen-bond donors (Lipinski definition) is 1. The van der Waals surface area contributed by atoms with Gasteiger partial charge >= 0.3 is 5.97 Å². The van der Waals surface area contributed by atoms with Crippen molar-refractivity contribution in [1.29, 1.82) is 0 Å². The Morgan fingerprint density at radius 2 is 1.65 bits per heavy atom. The van der Waals surface area contributed by atoms with E-state index < -0.39 is 5.97 Å². The van der Waals surface area contributed by atoms with Crippen LogP contribution in [0, 0.1) is 6.92 Å². The van der Waals surface area contributed by atoms with E-state index in [1.54, 1.807) is 11.4 Å². The quantitative estimate of drug-likeness (QED) is 0.657. The molecule has 0 saturated carbocycles. The monoisotopic (exact) mass is 368 g/mol. The van der Waals surface area contributed by atoms with E-state index in [1.807, 2.05) is 0 Å². The summed E-state index contributed by atoms with van der Waals surface area (Å²) in [5.41, 5.74) is 7.44. The van der Waals surface area contributed by atoms with Crippen LogP contribution in [0.1, 0.15) is 84.9 Å². The zero-order valence-corrected chi connectivity index (χ0v) is 17.4. The van der Waals surface area contributed by atoms with Crippen LogP contribution in [-0.2, 0) is 10.8 Å². The minimum atomic E-state index is -0.868. The average Bonchev–Trinajstić information content (AvgIpc) is 3.00. The lowest BCUT2D eigenvalue weighted by Crippen LogP contribution is -2.34. The number of carboxylic acids is 1. The first-order valence-electron chi connectivity index (χ1n) is 9.17. The Bertz CT molecular complexity index is 897. The highest BCUT2D eigenvalue weighted by atomic mass is 32.1. The van der Waals surface area contributed by atoms with Gasteiger partial charge in [0.1, 0.15) is 0 Å². The molecule has 1 N–H and O–H groups in total. The minimum absolute atomic E-state index is 0.187. The fraction of sp³-hybridized carbons (Fsp3) is 0.435. The topological polar surface area (TPSA) is 37.3 Å². The molecule has 0 atom stereocenters. The van der Waals surface area contributed by atoms with Crippen LogP contribution in [0.25, 0.3) is 11.6 Å². The number of benzene rings is 1. The predicted molar refractivity (Wildman–Crippen MR) is 111 cm³/mol. The molecule has 0 amide bonds. The van der Waals surface area contributed by atoms with Gasteiger partial charge in [0, 0.05) is 10.3 Å². The molecule has 1 aliphatic carbocycles. The molecule has 0 saturated heterocycles. The molecular formula is C23H28O2S. The molecule has 0 unspecified atom stereocenters. The molecule has 0 fully saturated rings. The van der Waals surface area contributed by atoms with E-state index >= 15 is 0 Å². The lowest BCUT2D eigenvalue weighted by Gasteiger charge is -2.42. The normalized spacial score (nSPS) is 18.5. The molecule has 1 aromatic heterocycles.